The molecule has 78 valence electrons. The van der Waals surface area contributed by atoms with Crippen LogP contribution in [-0.4, -0.2) is 4.98 Å². The Labute approximate surface area is 87.6 Å². The lowest BCUT2D eigenvalue weighted by Gasteiger charge is -2.17. The Morgan fingerprint density at radius 1 is 1.21 bits per heavy atom. The van der Waals surface area contributed by atoms with Crippen LogP contribution in [-0.2, 0) is 0 Å². The molecular weight excluding hydrogens is 170 g/mol. The number of hydrogen-bond donors (Lipinski definition) is 0. The van der Waals surface area contributed by atoms with Gasteiger partial charge in [0.1, 0.15) is 0 Å². The topological polar surface area (TPSA) is 12.9 Å². The highest BCUT2D eigenvalue weighted by Crippen LogP contribution is 2.27. The number of aryl methyl sites for hydroxylation is 1. The van der Waals surface area contributed by atoms with Crippen LogP contribution in [0, 0.1) is 6.92 Å². The summed E-state index contributed by atoms with van der Waals surface area (Å²) in [6.45, 7) is 11.1. The van der Waals surface area contributed by atoms with Crippen molar-refractivity contribution in [2.24, 2.45) is 0 Å². The van der Waals surface area contributed by atoms with Crippen molar-refractivity contribution >= 4 is 0 Å². The first-order valence-corrected chi connectivity index (χ1v) is 5.52. The molecule has 0 bridgehead atoms. The van der Waals surface area contributed by atoms with Crippen LogP contribution in [0.4, 0.5) is 0 Å². The lowest BCUT2D eigenvalue weighted by molar-refractivity contribution is 0.703. The molecule has 0 aliphatic carbocycles. The van der Waals surface area contributed by atoms with Crippen molar-refractivity contribution in [2.75, 3.05) is 0 Å². The molecule has 1 nitrogen and oxygen atoms in total. The summed E-state index contributed by atoms with van der Waals surface area (Å²) >= 11 is 0. The second-order valence-corrected chi connectivity index (χ2v) is 4.42. The lowest BCUT2D eigenvalue weighted by atomic mass is 9.89. The van der Waals surface area contributed by atoms with E-state index in [2.05, 4.69) is 45.7 Å². The van der Waals surface area contributed by atoms with Crippen LogP contribution in [0.15, 0.2) is 12.3 Å². The fourth-order valence-corrected chi connectivity index (χ4v) is 1.72. The Balaban J connectivity index is 3.15. The first-order valence-electron chi connectivity index (χ1n) is 5.52. The quantitative estimate of drug-likeness (QED) is 0.703. The van der Waals surface area contributed by atoms with Crippen LogP contribution >= 0.6 is 0 Å². The van der Waals surface area contributed by atoms with E-state index in [1.165, 1.54) is 17.5 Å². The van der Waals surface area contributed by atoms with Crippen LogP contribution in [0.2, 0.25) is 0 Å². The summed E-state index contributed by atoms with van der Waals surface area (Å²) in [5.41, 5.74) is 4.02. The third-order valence-corrected chi connectivity index (χ3v) is 2.87. The molecule has 0 amide bonds. The number of hydrogen-bond acceptors (Lipinski definition) is 1. The fraction of sp³-hybridized carbons (Fsp3) is 0.615. The normalized spacial score (nSPS) is 13.3. The molecule has 0 N–H and O–H groups in total. The highest BCUT2D eigenvalue weighted by atomic mass is 14.7. The molecule has 0 aliphatic heterocycles. The number of nitrogens with zero attached hydrogens (tertiary/aromatic N) is 1. The molecule has 14 heavy (non-hydrogen) atoms. The minimum Gasteiger partial charge on any atom is -0.261 e. The van der Waals surface area contributed by atoms with Crippen molar-refractivity contribution < 1.29 is 0 Å². The van der Waals surface area contributed by atoms with Crippen molar-refractivity contribution in [3.63, 3.8) is 0 Å². The number of pyridine rings is 1. The molecule has 1 rings (SSSR count). The van der Waals surface area contributed by atoms with Crippen LogP contribution in [0.1, 0.15) is 62.8 Å². The molecular formula is C13H21N. The van der Waals surface area contributed by atoms with E-state index in [0.29, 0.717) is 11.8 Å². The number of rotatable bonds is 3. The van der Waals surface area contributed by atoms with Crippen molar-refractivity contribution in [2.45, 2.75) is 52.9 Å². The van der Waals surface area contributed by atoms with Gasteiger partial charge in [0, 0.05) is 11.9 Å². The lowest BCUT2D eigenvalue weighted by Crippen LogP contribution is -2.02. The van der Waals surface area contributed by atoms with Gasteiger partial charge in [-0.25, -0.2) is 0 Å². The fourth-order valence-electron chi connectivity index (χ4n) is 1.72. The maximum Gasteiger partial charge on any atom is 0.0375 e. The third-order valence-electron chi connectivity index (χ3n) is 2.87. The van der Waals surface area contributed by atoms with E-state index in [1.807, 2.05) is 6.20 Å². The minimum atomic E-state index is 0.576. The second-order valence-electron chi connectivity index (χ2n) is 4.42. The predicted octanol–water partition coefficient (Wildman–Crippen LogP) is 4.03. The molecule has 0 radical (unpaired) electrons. The predicted molar refractivity (Wildman–Crippen MR) is 61.8 cm³/mol. The van der Waals surface area contributed by atoms with Gasteiger partial charge in [-0.3, -0.25) is 4.98 Å². The SMILES string of the molecule is CCC(C)c1cc(C)ncc1C(C)C. The van der Waals surface area contributed by atoms with Gasteiger partial charge in [-0.1, -0.05) is 27.7 Å². The Hall–Kier alpha value is -0.850. The van der Waals surface area contributed by atoms with Gasteiger partial charge in [-0.15, -0.1) is 0 Å². The molecule has 1 heteroatoms. The van der Waals surface area contributed by atoms with Crippen LogP contribution in [0.3, 0.4) is 0 Å². The van der Waals surface area contributed by atoms with Gasteiger partial charge in [0.05, 0.1) is 0 Å². The van der Waals surface area contributed by atoms with Crippen LogP contribution in [0.5, 0.6) is 0 Å². The molecule has 1 unspecified atom stereocenters. The first kappa shape index (κ1) is 11.2. The van der Waals surface area contributed by atoms with E-state index in [-0.39, 0.29) is 0 Å². The highest BCUT2D eigenvalue weighted by Gasteiger charge is 2.12. The van der Waals surface area contributed by atoms with Gasteiger partial charge >= 0.3 is 0 Å². The summed E-state index contributed by atoms with van der Waals surface area (Å²) in [6.07, 6.45) is 3.24. The standard InChI is InChI=1S/C13H21N/c1-6-10(4)12-7-11(5)14-8-13(12)9(2)3/h7-10H,6H2,1-5H3. The Kier molecular flexibility index (Phi) is 3.68. The minimum absolute atomic E-state index is 0.576. The van der Waals surface area contributed by atoms with Gasteiger partial charge < -0.3 is 0 Å². The van der Waals surface area contributed by atoms with E-state index in [0.717, 1.165) is 5.69 Å². The van der Waals surface area contributed by atoms with E-state index in [9.17, 15) is 0 Å². The van der Waals surface area contributed by atoms with E-state index >= 15 is 0 Å². The summed E-state index contributed by atoms with van der Waals surface area (Å²) in [7, 11) is 0. The maximum atomic E-state index is 4.38. The zero-order chi connectivity index (χ0) is 10.7. The summed E-state index contributed by atoms with van der Waals surface area (Å²) in [6, 6.07) is 2.24. The first-order chi connectivity index (χ1) is 6.56. The Morgan fingerprint density at radius 3 is 2.36 bits per heavy atom. The molecule has 0 aliphatic rings. The summed E-state index contributed by atoms with van der Waals surface area (Å²) in [5.74, 6) is 1.22. The van der Waals surface area contributed by atoms with Gasteiger partial charge in [-0.05, 0) is 42.4 Å². The molecule has 0 spiro atoms. The molecule has 1 atom stereocenters. The average Bonchev–Trinajstić information content (AvgIpc) is 2.16. The molecule has 1 aromatic heterocycles. The molecule has 1 heterocycles. The van der Waals surface area contributed by atoms with Crippen LogP contribution < -0.4 is 0 Å². The highest BCUT2D eigenvalue weighted by molar-refractivity contribution is 5.31. The summed E-state index contributed by atoms with van der Waals surface area (Å²) < 4.78 is 0. The van der Waals surface area contributed by atoms with Gasteiger partial charge in [0.15, 0.2) is 0 Å². The molecule has 0 aromatic carbocycles. The second kappa shape index (κ2) is 4.59. The zero-order valence-corrected chi connectivity index (χ0v) is 9.96. The molecule has 0 saturated carbocycles. The Morgan fingerprint density at radius 2 is 1.86 bits per heavy atom. The molecule has 0 saturated heterocycles. The summed E-state index contributed by atoms with van der Waals surface area (Å²) in [5, 5.41) is 0. The van der Waals surface area contributed by atoms with Crippen molar-refractivity contribution in [1.29, 1.82) is 0 Å². The Bertz CT molecular complexity index is 302. The zero-order valence-electron chi connectivity index (χ0n) is 9.96. The van der Waals surface area contributed by atoms with Gasteiger partial charge in [-0.2, -0.15) is 0 Å². The van der Waals surface area contributed by atoms with Gasteiger partial charge in [0.25, 0.3) is 0 Å². The smallest absolute Gasteiger partial charge is 0.0375 e. The monoisotopic (exact) mass is 191 g/mol. The van der Waals surface area contributed by atoms with Crippen molar-refractivity contribution in [3.8, 4) is 0 Å². The third kappa shape index (κ3) is 2.34. The number of aromatic nitrogens is 1. The van der Waals surface area contributed by atoms with E-state index in [4.69, 9.17) is 0 Å². The van der Waals surface area contributed by atoms with E-state index < -0.39 is 0 Å². The summed E-state index contributed by atoms with van der Waals surface area (Å²) in [4.78, 5) is 4.38. The molecule has 0 fully saturated rings. The van der Waals surface area contributed by atoms with Gasteiger partial charge in [0.2, 0.25) is 0 Å². The van der Waals surface area contributed by atoms with E-state index in [1.54, 1.807) is 0 Å². The van der Waals surface area contributed by atoms with Crippen molar-refractivity contribution in [1.82, 2.24) is 4.98 Å². The van der Waals surface area contributed by atoms with Crippen LogP contribution in [0.25, 0.3) is 0 Å². The average molecular weight is 191 g/mol. The maximum absolute atomic E-state index is 4.38. The molecule has 1 aromatic rings. The van der Waals surface area contributed by atoms with Crippen molar-refractivity contribution in [3.05, 3.63) is 29.1 Å². The largest absolute Gasteiger partial charge is 0.261 e.